The largest absolute Gasteiger partial charge is 0.277 e. The van der Waals surface area contributed by atoms with E-state index in [0.717, 1.165) is 0 Å². The molecule has 0 saturated heterocycles. The van der Waals surface area contributed by atoms with Crippen molar-refractivity contribution in [2.75, 3.05) is 7.05 Å². The molecule has 7 heteroatoms. The zero-order valence-electron chi connectivity index (χ0n) is 5.92. The Kier molecular flexibility index (Phi) is 5.30. The number of carbonyl (C=O) groups is 2. The Morgan fingerprint density at radius 3 is 1.91 bits per heavy atom. The van der Waals surface area contributed by atoms with Crippen molar-refractivity contribution < 1.29 is 9.59 Å². The summed E-state index contributed by atoms with van der Waals surface area (Å²) in [5, 5.41) is 0. The summed E-state index contributed by atoms with van der Waals surface area (Å²) < 4.78 is 0. The summed E-state index contributed by atoms with van der Waals surface area (Å²) in [5.41, 5.74) is 8.96. The van der Waals surface area contributed by atoms with Gasteiger partial charge in [0, 0.05) is 7.05 Å². The van der Waals surface area contributed by atoms with Gasteiger partial charge in [-0.25, -0.2) is 0 Å². The van der Waals surface area contributed by atoms with E-state index in [-0.39, 0.29) is 5.96 Å². The van der Waals surface area contributed by atoms with Gasteiger partial charge in [0.2, 0.25) is 18.8 Å². The molecule has 0 aromatic carbocycles. The van der Waals surface area contributed by atoms with Crippen molar-refractivity contribution in [3.8, 4) is 0 Å². The molecule has 0 aliphatic heterocycles. The highest BCUT2D eigenvalue weighted by Gasteiger charge is 1.90. The van der Waals surface area contributed by atoms with Gasteiger partial charge in [-0.05, 0) is 0 Å². The molecule has 0 spiro atoms. The molecule has 0 unspecified atom stereocenters. The molecule has 7 nitrogen and oxygen atoms in total. The molecule has 4 N–H and O–H groups in total. The Morgan fingerprint density at radius 1 is 1.18 bits per heavy atom. The molecule has 0 aliphatic rings. The van der Waals surface area contributed by atoms with Gasteiger partial charge >= 0.3 is 0 Å². The van der Waals surface area contributed by atoms with Crippen molar-refractivity contribution >= 4 is 18.8 Å². The van der Waals surface area contributed by atoms with Gasteiger partial charge in [0.1, 0.15) is 0 Å². The normalized spacial score (nSPS) is 7.36. The Morgan fingerprint density at radius 2 is 1.64 bits per heavy atom. The van der Waals surface area contributed by atoms with Gasteiger partial charge in [0.05, 0.1) is 0 Å². The van der Waals surface area contributed by atoms with E-state index in [4.69, 9.17) is 0 Å². The quantitative estimate of drug-likeness (QED) is 0.157. The van der Waals surface area contributed by atoms with Crippen molar-refractivity contribution in [3.63, 3.8) is 0 Å². The van der Waals surface area contributed by atoms with Gasteiger partial charge < -0.3 is 0 Å². The maximum atomic E-state index is 9.75. The highest BCUT2D eigenvalue weighted by molar-refractivity contribution is 5.80. The van der Waals surface area contributed by atoms with Gasteiger partial charge in [-0.3, -0.25) is 36.3 Å². The van der Waals surface area contributed by atoms with Gasteiger partial charge in [-0.2, -0.15) is 0 Å². The van der Waals surface area contributed by atoms with Crippen molar-refractivity contribution in [1.82, 2.24) is 21.7 Å². The first-order chi connectivity index (χ1) is 5.35. The molecule has 0 aliphatic carbocycles. The van der Waals surface area contributed by atoms with Gasteiger partial charge in [-0.1, -0.05) is 0 Å². The summed E-state index contributed by atoms with van der Waals surface area (Å²) in [6.07, 6.45) is 0.877. The van der Waals surface area contributed by atoms with Gasteiger partial charge in [-0.15, -0.1) is 0 Å². The van der Waals surface area contributed by atoms with Crippen LogP contribution < -0.4 is 21.7 Å². The van der Waals surface area contributed by atoms with Crippen LogP contribution in [0.25, 0.3) is 0 Å². The fraction of sp³-hybridized carbons (Fsp3) is 0.250. The Bertz CT molecular complexity index is 143. The maximum absolute atomic E-state index is 9.75. The van der Waals surface area contributed by atoms with Crippen LogP contribution in [0.3, 0.4) is 0 Å². The van der Waals surface area contributed by atoms with E-state index in [1.807, 2.05) is 0 Å². The molecule has 11 heavy (non-hydrogen) atoms. The number of guanidine groups is 1. The third-order valence-electron chi connectivity index (χ3n) is 0.723. The summed E-state index contributed by atoms with van der Waals surface area (Å²) in [4.78, 5) is 23.1. The first-order valence-electron chi connectivity index (χ1n) is 2.72. The number of hydrogen-bond donors (Lipinski definition) is 4. The van der Waals surface area contributed by atoms with Crippen molar-refractivity contribution in [2.45, 2.75) is 0 Å². The van der Waals surface area contributed by atoms with E-state index in [9.17, 15) is 9.59 Å². The number of nitrogens with zero attached hydrogens (tertiary/aromatic N) is 1. The van der Waals surface area contributed by atoms with Crippen LogP contribution in [0, 0.1) is 0 Å². The second kappa shape index (κ2) is 6.33. The highest BCUT2D eigenvalue weighted by atomic mass is 16.1. The molecule has 62 valence electrons. The fourth-order valence-corrected chi connectivity index (χ4v) is 0.339. The lowest BCUT2D eigenvalue weighted by molar-refractivity contribution is -0.110. The van der Waals surface area contributed by atoms with Crippen molar-refractivity contribution in [3.05, 3.63) is 0 Å². The molecule has 0 bridgehead atoms. The SMILES string of the molecule is CN=C(NNC=O)NNC=O. The van der Waals surface area contributed by atoms with E-state index < -0.39 is 0 Å². The van der Waals surface area contributed by atoms with Crippen LogP contribution in [0.5, 0.6) is 0 Å². The minimum absolute atomic E-state index is 0.226. The van der Waals surface area contributed by atoms with E-state index in [2.05, 4.69) is 26.7 Å². The van der Waals surface area contributed by atoms with Gasteiger partial charge in [0.25, 0.3) is 0 Å². The van der Waals surface area contributed by atoms with Crippen LogP contribution in [0.15, 0.2) is 4.99 Å². The highest BCUT2D eigenvalue weighted by Crippen LogP contribution is 1.56. The monoisotopic (exact) mass is 159 g/mol. The second-order valence-electron chi connectivity index (χ2n) is 1.35. The average molecular weight is 159 g/mol. The third kappa shape index (κ3) is 4.70. The number of nitrogens with one attached hydrogen (secondary N) is 4. The average Bonchev–Trinajstić information content (AvgIpc) is 2.05. The summed E-state index contributed by atoms with van der Waals surface area (Å²) >= 11 is 0. The van der Waals surface area contributed by atoms with Crippen molar-refractivity contribution in [1.29, 1.82) is 0 Å². The Labute approximate surface area is 63.2 Å². The summed E-state index contributed by atoms with van der Waals surface area (Å²) in [6, 6.07) is 0. The number of hydrogen-bond acceptors (Lipinski definition) is 3. The number of rotatable bonds is 4. The Balaban J connectivity index is 3.58. The fourth-order valence-electron chi connectivity index (χ4n) is 0.339. The molecule has 0 fully saturated rings. The molecule has 0 saturated carbocycles. The lowest BCUT2D eigenvalue weighted by Gasteiger charge is -2.07. The standard InChI is InChI=1S/C4H9N5O2/c1-5-4(8-6-2-10)9-7-3-11/h2-3H,1H3,(H,6,10)(H,7,11)(H2,5,8,9). The Hall–Kier alpha value is -1.79. The molecule has 0 heterocycles. The van der Waals surface area contributed by atoms with E-state index in [0.29, 0.717) is 12.8 Å². The summed E-state index contributed by atoms with van der Waals surface area (Å²) in [5.74, 6) is 0.226. The van der Waals surface area contributed by atoms with Crippen LogP contribution in [0.2, 0.25) is 0 Å². The molecular weight excluding hydrogens is 150 g/mol. The minimum atomic E-state index is 0.226. The van der Waals surface area contributed by atoms with Crippen LogP contribution >= 0.6 is 0 Å². The number of hydrazine groups is 2. The molecule has 0 radical (unpaired) electrons. The topological polar surface area (TPSA) is 94.6 Å². The lowest BCUT2D eigenvalue weighted by atomic mass is 11.0. The van der Waals surface area contributed by atoms with Crippen LogP contribution in [-0.2, 0) is 9.59 Å². The smallest absolute Gasteiger partial charge is 0.229 e. The summed E-state index contributed by atoms with van der Waals surface area (Å²) in [6.45, 7) is 0. The zero-order valence-corrected chi connectivity index (χ0v) is 5.92. The third-order valence-corrected chi connectivity index (χ3v) is 0.723. The van der Waals surface area contributed by atoms with Crippen LogP contribution in [0.1, 0.15) is 0 Å². The lowest BCUT2D eigenvalue weighted by Crippen LogP contribution is -2.49. The molecule has 0 aromatic heterocycles. The number of amides is 2. The van der Waals surface area contributed by atoms with Crippen molar-refractivity contribution in [2.24, 2.45) is 4.99 Å². The van der Waals surface area contributed by atoms with Crippen LogP contribution in [-0.4, -0.2) is 25.8 Å². The zero-order chi connectivity index (χ0) is 8.53. The maximum Gasteiger partial charge on any atom is 0.229 e. The minimum Gasteiger partial charge on any atom is -0.277 e. The molecule has 0 atom stereocenters. The summed E-state index contributed by atoms with van der Waals surface area (Å²) in [7, 11) is 1.48. The number of aliphatic imine (C=N–C) groups is 1. The van der Waals surface area contributed by atoms with E-state index >= 15 is 0 Å². The first-order valence-corrected chi connectivity index (χ1v) is 2.72. The first kappa shape index (κ1) is 9.21. The molecule has 0 rings (SSSR count). The predicted octanol–water partition coefficient (Wildman–Crippen LogP) is -2.53. The second-order valence-corrected chi connectivity index (χ2v) is 1.35. The van der Waals surface area contributed by atoms with E-state index in [1.54, 1.807) is 0 Å². The van der Waals surface area contributed by atoms with E-state index in [1.165, 1.54) is 7.05 Å². The molecular formula is C4H9N5O2. The van der Waals surface area contributed by atoms with Gasteiger partial charge in [0.15, 0.2) is 0 Å². The predicted molar refractivity (Wildman–Crippen MR) is 38.0 cm³/mol. The van der Waals surface area contributed by atoms with Crippen LogP contribution in [0.4, 0.5) is 0 Å². The molecule has 2 amide bonds. The molecule has 0 aromatic rings. The number of carbonyl (C=O) groups excluding carboxylic acids is 2.